The van der Waals surface area contributed by atoms with Gasteiger partial charge >= 0.3 is 0 Å². The van der Waals surface area contributed by atoms with Crippen molar-refractivity contribution in [2.75, 3.05) is 18.5 Å². The van der Waals surface area contributed by atoms with Gasteiger partial charge in [0.25, 0.3) is 5.91 Å². The second kappa shape index (κ2) is 7.73. The lowest BCUT2D eigenvalue weighted by Gasteiger charge is -2.18. The van der Waals surface area contributed by atoms with E-state index in [-0.39, 0.29) is 5.91 Å². The van der Waals surface area contributed by atoms with Crippen molar-refractivity contribution in [1.82, 2.24) is 25.2 Å². The predicted octanol–water partition coefficient (Wildman–Crippen LogP) is 3.46. The van der Waals surface area contributed by atoms with Gasteiger partial charge < -0.3 is 9.47 Å². The van der Waals surface area contributed by atoms with Crippen LogP contribution in [0.15, 0.2) is 48.1 Å². The van der Waals surface area contributed by atoms with E-state index in [2.05, 4.69) is 25.8 Å². The van der Waals surface area contributed by atoms with Crippen molar-refractivity contribution >= 4 is 34.0 Å². The number of aromatic nitrogens is 5. The van der Waals surface area contributed by atoms with Crippen LogP contribution in [0.4, 0.5) is 5.13 Å². The Labute approximate surface area is 179 Å². The number of amides is 1. The second-order valence-corrected chi connectivity index (χ2v) is 7.56. The molecule has 1 aliphatic rings. The highest BCUT2D eigenvalue weighted by Crippen LogP contribution is 2.35. The third-order valence-corrected chi connectivity index (χ3v) is 5.35. The Morgan fingerprint density at radius 2 is 2.00 bits per heavy atom. The number of thiazole rings is 1. The molecular formula is C19H13ClN6O3S. The number of ether oxygens (including phenoxy) is 2. The monoisotopic (exact) mass is 440 g/mol. The molecule has 0 atom stereocenters. The molecule has 1 N–H and O–H groups in total. The minimum Gasteiger partial charge on any atom is -0.486 e. The zero-order valence-electron chi connectivity index (χ0n) is 15.3. The number of benzene rings is 2. The van der Waals surface area contributed by atoms with Crippen LogP contribution < -0.4 is 14.8 Å². The first-order valence-electron chi connectivity index (χ1n) is 8.87. The van der Waals surface area contributed by atoms with E-state index >= 15 is 0 Å². The van der Waals surface area contributed by atoms with Gasteiger partial charge in [-0.3, -0.25) is 10.1 Å². The topological polar surface area (TPSA) is 104 Å². The third kappa shape index (κ3) is 3.58. The molecule has 1 aliphatic heterocycles. The van der Waals surface area contributed by atoms with Crippen LogP contribution in [0.3, 0.4) is 0 Å². The van der Waals surface area contributed by atoms with E-state index in [0.717, 1.165) is 11.3 Å². The molecule has 11 heteroatoms. The summed E-state index contributed by atoms with van der Waals surface area (Å²) in [7, 11) is 0. The first kappa shape index (κ1) is 18.5. The SMILES string of the molecule is O=C(Nc1nc(-c2ccc3c(c2)OCCO3)cs1)c1cc(Cl)ccc1-n1cnnn1. The maximum atomic E-state index is 12.9. The highest BCUT2D eigenvalue weighted by atomic mass is 35.5. The third-order valence-electron chi connectivity index (χ3n) is 4.36. The van der Waals surface area contributed by atoms with Crippen LogP contribution in [0.25, 0.3) is 16.9 Å². The largest absolute Gasteiger partial charge is 0.486 e. The quantitative estimate of drug-likeness (QED) is 0.518. The van der Waals surface area contributed by atoms with Gasteiger partial charge in [0.15, 0.2) is 16.6 Å². The van der Waals surface area contributed by atoms with Crippen LogP contribution in [0.1, 0.15) is 10.4 Å². The number of hydrogen-bond donors (Lipinski definition) is 1. The number of hydrogen-bond acceptors (Lipinski definition) is 8. The average Bonchev–Trinajstić information content (AvgIpc) is 3.46. The van der Waals surface area contributed by atoms with Crippen LogP contribution in [0, 0.1) is 0 Å². The average molecular weight is 441 g/mol. The zero-order chi connectivity index (χ0) is 20.5. The van der Waals surface area contributed by atoms with Crippen LogP contribution in [0.5, 0.6) is 11.5 Å². The lowest BCUT2D eigenvalue weighted by Crippen LogP contribution is -2.15. The molecule has 0 unspecified atom stereocenters. The summed E-state index contributed by atoms with van der Waals surface area (Å²) < 4.78 is 12.6. The Morgan fingerprint density at radius 3 is 2.83 bits per heavy atom. The molecule has 0 fully saturated rings. The summed E-state index contributed by atoms with van der Waals surface area (Å²) in [5, 5.41) is 16.6. The van der Waals surface area contributed by atoms with E-state index in [1.165, 1.54) is 22.3 Å². The van der Waals surface area contributed by atoms with Crippen LogP contribution in [0.2, 0.25) is 5.02 Å². The van der Waals surface area contributed by atoms with Crippen molar-refractivity contribution in [3.8, 4) is 28.4 Å². The molecule has 0 bridgehead atoms. The van der Waals surface area contributed by atoms with Crippen molar-refractivity contribution in [3.05, 3.63) is 58.7 Å². The molecule has 4 aromatic rings. The summed E-state index contributed by atoms with van der Waals surface area (Å²) in [5.74, 6) is 1.03. The maximum Gasteiger partial charge on any atom is 0.259 e. The van der Waals surface area contributed by atoms with Crippen LogP contribution in [-0.4, -0.2) is 44.3 Å². The summed E-state index contributed by atoms with van der Waals surface area (Å²) in [5.41, 5.74) is 2.42. The molecule has 0 saturated heterocycles. The number of rotatable bonds is 4. The number of tetrazole rings is 1. The number of nitrogens with one attached hydrogen (secondary N) is 1. The lowest BCUT2D eigenvalue weighted by atomic mass is 10.1. The summed E-state index contributed by atoms with van der Waals surface area (Å²) >= 11 is 7.41. The molecule has 5 rings (SSSR count). The molecule has 0 spiro atoms. The van der Waals surface area contributed by atoms with Crippen molar-refractivity contribution in [3.63, 3.8) is 0 Å². The molecular weight excluding hydrogens is 428 g/mol. The van der Waals surface area contributed by atoms with Crippen LogP contribution in [-0.2, 0) is 0 Å². The molecule has 150 valence electrons. The fraction of sp³-hybridized carbons (Fsp3) is 0.105. The minimum absolute atomic E-state index is 0.325. The smallest absolute Gasteiger partial charge is 0.259 e. The van der Waals surface area contributed by atoms with Crippen molar-refractivity contribution in [2.45, 2.75) is 0 Å². The van der Waals surface area contributed by atoms with Gasteiger partial charge in [-0.25, -0.2) is 4.98 Å². The fourth-order valence-electron chi connectivity index (χ4n) is 2.99. The summed E-state index contributed by atoms with van der Waals surface area (Å²) in [6.45, 7) is 1.05. The van der Waals surface area contributed by atoms with Gasteiger partial charge in [0.2, 0.25) is 0 Å². The van der Waals surface area contributed by atoms with E-state index < -0.39 is 0 Å². The molecule has 2 aromatic heterocycles. The van der Waals surface area contributed by atoms with Crippen molar-refractivity contribution in [2.24, 2.45) is 0 Å². The Kier molecular flexibility index (Phi) is 4.77. The number of anilines is 1. The summed E-state index contributed by atoms with van der Waals surface area (Å²) in [6, 6.07) is 10.5. The van der Waals surface area contributed by atoms with E-state index in [1.54, 1.807) is 18.2 Å². The Balaban J connectivity index is 1.40. The molecule has 30 heavy (non-hydrogen) atoms. The minimum atomic E-state index is -0.369. The highest BCUT2D eigenvalue weighted by Gasteiger charge is 2.18. The Morgan fingerprint density at radius 1 is 1.13 bits per heavy atom. The van der Waals surface area contributed by atoms with E-state index in [1.807, 2.05) is 23.6 Å². The van der Waals surface area contributed by atoms with Gasteiger partial charge in [-0.05, 0) is 46.8 Å². The fourth-order valence-corrected chi connectivity index (χ4v) is 3.88. The molecule has 1 amide bonds. The molecule has 0 radical (unpaired) electrons. The van der Waals surface area contributed by atoms with Gasteiger partial charge in [0.05, 0.1) is 16.9 Å². The number of halogens is 1. The van der Waals surface area contributed by atoms with Gasteiger partial charge in [0.1, 0.15) is 19.5 Å². The molecule has 0 aliphatic carbocycles. The van der Waals surface area contributed by atoms with E-state index in [0.29, 0.717) is 46.1 Å². The number of carbonyl (C=O) groups is 1. The molecule has 3 heterocycles. The molecule has 2 aromatic carbocycles. The standard InChI is InChI=1S/C19H13ClN6O3S/c20-12-2-3-15(26-10-21-24-25-26)13(8-12)18(27)23-19-22-14(9-30-19)11-1-4-16-17(7-11)29-6-5-28-16/h1-4,7-10H,5-6H2,(H,22,23,27). The summed E-state index contributed by atoms with van der Waals surface area (Å²) in [6.07, 6.45) is 1.41. The van der Waals surface area contributed by atoms with Crippen molar-refractivity contribution in [1.29, 1.82) is 0 Å². The molecule has 0 saturated carbocycles. The van der Waals surface area contributed by atoms with Gasteiger partial charge in [0, 0.05) is 16.0 Å². The van der Waals surface area contributed by atoms with Crippen LogP contribution >= 0.6 is 22.9 Å². The number of carbonyl (C=O) groups excluding carboxylic acids is 1. The van der Waals surface area contributed by atoms with E-state index in [9.17, 15) is 4.79 Å². The number of fused-ring (bicyclic) bond motifs is 1. The summed E-state index contributed by atoms with van der Waals surface area (Å²) in [4.78, 5) is 17.4. The van der Waals surface area contributed by atoms with Gasteiger partial charge in [-0.15, -0.1) is 16.4 Å². The van der Waals surface area contributed by atoms with Crippen molar-refractivity contribution < 1.29 is 14.3 Å². The van der Waals surface area contributed by atoms with Gasteiger partial charge in [-0.1, -0.05) is 11.6 Å². The zero-order valence-corrected chi connectivity index (χ0v) is 16.9. The first-order chi connectivity index (χ1) is 14.7. The first-order valence-corrected chi connectivity index (χ1v) is 10.1. The second-order valence-electron chi connectivity index (χ2n) is 6.27. The van der Waals surface area contributed by atoms with E-state index in [4.69, 9.17) is 21.1 Å². The highest BCUT2D eigenvalue weighted by molar-refractivity contribution is 7.14. The normalized spacial score (nSPS) is 12.6. The Bertz CT molecular complexity index is 1230. The molecule has 9 nitrogen and oxygen atoms in total. The lowest BCUT2D eigenvalue weighted by molar-refractivity contribution is 0.102. The van der Waals surface area contributed by atoms with Gasteiger partial charge in [-0.2, -0.15) is 4.68 Å². The Hall–Kier alpha value is -3.50. The predicted molar refractivity (Wildman–Crippen MR) is 111 cm³/mol. The maximum absolute atomic E-state index is 12.9. The number of nitrogens with zero attached hydrogens (tertiary/aromatic N) is 5.